The fraction of sp³-hybridized carbons (Fsp3) is 0.800. The van der Waals surface area contributed by atoms with Crippen molar-refractivity contribution in [3.63, 3.8) is 0 Å². The van der Waals surface area contributed by atoms with Crippen LogP contribution in [-0.4, -0.2) is 35.1 Å². The molecular weight excluding hydrogens is 210 g/mol. The first kappa shape index (κ1) is 12.2. The summed E-state index contributed by atoms with van der Waals surface area (Å²) in [6, 6.07) is 0.0575. The van der Waals surface area contributed by atoms with E-state index in [9.17, 15) is 4.79 Å². The number of urea groups is 1. The van der Waals surface area contributed by atoms with E-state index in [1.54, 1.807) is 11.9 Å². The SMILES string of the molecule is CC(C(N)=S)N(C)C(=O)NC1CCCC1. The highest BCUT2D eigenvalue weighted by molar-refractivity contribution is 7.80. The van der Waals surface area contributed by atoms with Crippen molar-refractivity contribution in [1.82, 2.24) is 10.2 Å². The van der Waals surface area contributed by atoms with Gasteiger partial charge in [0.2, 0.25) is 0 Å². The molecule has 86 valence electrons. The first-order chi connectivity index (χ1) is 7.02. The number of carbonyl (C=O) groups is 1. The van der Waals surface area contributed by atoms with Crippen molar-refractivity contribution in [2.75, 3.05) is 7.05 Å². The van der Waals surface area contributed by atoms with Gasteiger partial charge in [0, 0.05) is 13.1 Å². The summed E-state index contributed by atoms with van der Waals surface area (Å²) in [7, 11) is 1.72. The van der Waals surface area contributed by atoms with Gasteiger partial charge in [0.25, 0.3) is 0 Å². The van der Waals surface area contributed by atoms with Crippen LogP contribution in [0.25, 0.3) is 0 Å². The van der Waals surface area contributed by atoms with Crippen LogP contribution < -0.4 is 11.1 Å². The summed E-state index contributed by atoms with van der Waals surface area (Å²) in [5, 5.41) is 2.99. The summed E-state index contributed by atoms with van der Waals surface area (Å²) in [6.07, 6.45) is 4.58. The molecule has 1 rings (SSSR count). The number of nitrogens with two attached hydrogens (primary N) is 1. The Kier molecular flexibility index (Phi) is 4.32. The number of hydrogen-bond donors (Lipinski definition) is 2. The van der Waals surface area contributed by atoms with Crippen LogP contribution in [0.2, 0.25) is 0 Å². The van der Waals surface area contributed by atoms with Gasteiger partial charge in [0.15, 0.2) is 0 Å². The molecule has 1 aliphatic carbocycles. The Hall–Kier alpha value is -0.840. The topological polar surface area (TPSA) is 58.4 Å². The zero-order valence-electron chi connectivity index (χ0n) is 9.32. The van der Waals surface area contributed by atoms with Gasteiger partial charge in [0.05, 0.1) is 11.0 Å². The molecule has 1 fully saturated rings. The van der Waals surface area contributed by atoms with Gasteiger partial charge in [-0.3, -0.25) is 0 Å². The molecule has 1 aliphatic rings. The fourth-order valence-electron chi connectivity index (χ4n) is 1.71. The number of rotatable bonds is 3. The molecule has 0 bridgehead atoms. The summed E-state index contributed by atoms with van der Waals surface area (Å²) >= 11 is 4.85. The normalized spacial score (nSPS) is 18.5. The maximum atomic E-state index is 11.7. The molecule has 5 heteroatoms. The van der Waals surface area contributed by atoms with Gasteiger partial charge in [-0.1, -0.05) is 25.1 Å². The first-order valence-electron chi connectivity index (χ1n) is 5.35. The number of thiocarbonyl (C=S) groups is 1. The highest BCUT2D eigenvalue weighted by Gasteiger charge is 2.22. The van der Waals surface area contributed by atoms with Crippen molar-refractivity contribution in [2.45, 2.75) is 44.7 Å². The minimum absolute atomic E-state index is 0.0813. The van der Waals surface area contributed by atoms with E-state index >= 15 is 0 Å². The van der Waals surface area contributed by atoms with E-state index < -0.39 is 0 Å². The van der Waals surface area contributed by atoms with E-state index in [0.717, 1.165) is 12.8 Å². The lowest BCUT2D eigenvalue weighted by Crippen LogP contribution is -2.49. The van der Waals surface area contributed by atoms with Crippen molar-refractivity contribution >= 4 is 23.2 Å². The predicted molar refractivity (Wildman–Crippen MR) is 64.8 cm³/mol. The Balaban J connectivity index is 2.41. The molecule has 0 spiro atoms. The van der Waals surface area contributed by atoms with Crippen molar-refractivity contribution < 1.29 is 4.79 Å². The van der Waals surface area contributed by atoms with Crippen LogP contribution in [0.3, 0.4) is 0 Å². The van der Waals surface area contributed by atoms with Gasteiger partial charge < -0.3 is 16.0 Å². The van der Waals surface area contributed by atoms with E-state index in [-0.39, 0.29) is 12.1 Å². The maximum Gasteiger partial charge on any atom is 0.317 e. The number of nitrogens with zero attached hydrogens (tertiary/aromatic N) is 1. The van der Waals surface area contributed by atoms with Gasteiger partial charge in [-0.15, -0.1) is 0 Å². The number of hydrogen-bond acceptors (Lipinski definition) is 2. The monoisotopic (exact) mass is 229 g/mol. The standard InChI is InChI=1S/C10H19N3OS/c1-7(9(11)15)13(2)10(14)12-8-5-3-4-6-8/h7-8H,3-6H2,1-2H3,(H2,11,15)(H,12,14). The lowest BCUT2D eigenvalue weighted by molar-refractivity contribution is 0.200. The Morgan fingerprint density at radius 2 is 2.07 bits per heavy atom. The Labute approximate surface area is 96.2 Å². The quantitative estimate of drug-likeness (QED) is 0.716. The minimum atomic E-state index is -0.193. The van der Waals surface area contributed by atoms with E-state index in [4.69, 9.17) is 18.0 Å². The highest BCUT2D eigenvalue weighted by atomic mass is 32.1. The molecule has 0 aromatic carbocycles. The number of amides is 2. The number of likely N-dealkylation sites (N-methyl/N-ethyl adjacent to an activating group) is 1. The highest BCUT2D eigenvalue weighted by Crippen LogP contribution is 2.17. The van der Waals surface area contributed by atoms with Gasteiger partial charge in [-0.2, -0.15) is 0 Å². The lowest BCUT2D eigenvalue weighted by atomic mass is 10.2. The molecule has 2 amide bonds. The van der Waals surface area contributed by atoms with Crippen LogP contribution in [0.1, 0.15) is 32.6 Å². The molecule has 0 heterocycles. The molecule has 15 heavy (non-hydrogen) atoms. The second kappa shape index (κ2) is 5.30. The molecule has 0 aromatic heterocycles. The van der Waals surface area contributed by atoms with Gasteiger partial charge in [-0.05, 0) is 19.8 Å². The number of carbonyl (C=O) groups excluding carboxylic acids is 1. The van der Waals surface area contributed by atoms with E-state index in [0.29, 0.717) is 11.0 Å². The summed E-state index contributed by atoms with van der Waals surface area (Å²) in [6.45, 7) is 1.83. The van der Waals surface area contributed by atoms with Crippen LogP contribution in [0.4, 0.5) is 4.79 Å². The van der Waals surface area contributed by atoms with Crippen molar-refractivity contribution in [3.8, 4) is 0 Å². The van der Waals surface area contributed by atoms with Crippen LogP contribution in [0, 0.1) is 0 Å². The largest absolute Gasteiger partial charge is 0.392 e. The van der Waals surface area contributed by atoms with Gasteiger partial charge >= 0.3 is 6.03 Å². The summed E-state index contributed by atoms with van der Waals surface area (Å²) in [5.74, 6) is 0. The molecule has 4 nitrogen and oxygen atoms in total. The third-order valence-electron chi connectivity index (χ3n) is 3.00. The van der Waals surface area contributed by atoms with Crippen LogP contribution >= 0.6 is 12.2 Å². The molecule has 1 unspecified atom stereocenters. The number of nitrogens with one attached hydrogen (secondary N) is 1. The van der Waals surface area contributed by atoms with Gasteiger partial charge in [0.1, 0.15) is 0 Å². The predicted octanol–water partition coefficient (Wildman–Crippen LogP) is 1.24. The molecule has 1 atom stereocenters. The Bertz CT molecular complexity index is 251. The molecule has 0 aromatic rings. The Morgan fingerprint density at radius 3 is 2.53 bits per heavy atom. The molecule has 3 N–H and O–H groups in total. The van der Waals surface area contributed by atoms with Crippen LogP contribution in [-0.2, 0) is 0 Å². The van der Waals surface area contributed by atoms with Crippen molar-refractivity contribution in [3.05, 3.63) is 0 Å². The van der Waals surface area contributed by atoms with E-state index in [1.807, 2.05) is 6.92 Å². The third kappa shape index (κ3) is 3.34. The zero-order valence-corrected chi connectivity index (χ0v) is 10.1. The minimum Gasteiger partial charge on any atom is -0.392 e. The zero-order chi connectivity index (χ0) is 11.4. The third-order valence-corrected chi connectivity index (χ3v) is 3.34. The first-order valence-corrected chi connectivity index (χ1v) is 5.76. The molecule has 0 saturated heterocycles. The van der Waals surface area contributed by atoms with E-state index in [1.165, 1.54) is 12.8 Å². The van der Waals surface area contributed by atoms with E-state index in [2.05, 4.69) is 5.32 Å². The summed E-state index contributed by atoms with van der Waals surface area (Å²) in [5.41, 5.74) is 5.49. The molecule has 1 saturated carbocycles. The summed E-state index contributed by atoms with van der Waals surface area (Å²) in [4.78, 5) is 13.6. The fourth-order valence-corrected chi connectivity index (χ4v) is 1.87. The summed E-state index contributed by atoms with van der Waals surface area (Å²) < 4.78 is 0. The molecule has 0 aliphatic heterocycles. The van der Waals surface area contributed by atoms with Gasteiger partial charge in [-0.25, -0.2) is 4.79 Å². The smallest absolute Gasteiger partial charge is 0.317 e. The Morgan fingerprint density at radius 1 is 1.53 bits per heavy atom. The second-order valence-corrected chi connectivity index (χ2v) is 4.59. The van der Waals surface area contributed by atoms with Crippen LogP contribution in [0.15, 0.2) is 0 Å². The maximum absolute atomic E-state index is 11.7. The van der Waals surface area contributed by atoms with Crippen LogP contribution in [0.5, 0.6) is 0 Å². The average molecular weight is 229 g/mol. The molecular formula is C10H19N3OS. The lowest BCUT2D eigenvalue weighted by Gasteiger charge is -2.26. The average Bonchev–Trinajstić information content (AvgIpc) is 2.67. The van der Waals surface area contributed by atoms with Crippen molar-refractivity contribution in [2.24, 2.45) is 5.73 Å². The van der Waals surface area contributed by atoms with Crippen molar-refractivity contribution in [1.29, 1.82) is 0 Å². The molecule has 0 radical (unpaired) electrons. The second-order valence-electron chi connectivity index (χ2n) is 4.12.